The van der Waals surface area contributed by atoms with Crippen molar-refractivity contribution in [2.45, 2.75) is 12.8 Å². The lowest BCUT2D eigenvalue weighted by atomic mass is 10.0. The number of amides is 1. The van der Waals surface area contributed by atoms with Crippen LogP contribution < -0.4 is 15.4 Å². The summed E-state index contributed by atoms with van der Waals surface area (Å²) in [6.07, 6.45) is 1.29. The van der Waals surface area contributed by atoms with Crippen LogP contribution in [0.5, 0.6) is 5.75 Å². The van der Waals surface area contributed by atoms with Gasteiger partial charge in [-0.1, -0.05) is 12.1 Å². The van der Waals surface area contributed by atoms with Gasteiger partial charge in [-0.3, -0.25) is 4.79 Å². The average molecular weight is 248 g/mol. The molecule has 0 radical (unpaired) electrons. The molecule has 1 heterocycles. The molecule has 0 saturated carbocycles. The van der Waals surface area contributed by atoms with Crippen LogP contribution in [0.4, 0.5) is 0 Å². The number of carbonyl (C=O) groups excluding carboxylic acids is 1. The summed E-state index contributed by atoms with van der Waals surface area (Å²) in [7, 11) is 1.65. The fraction of sp³-hybridized carbons (Fsp3) is 0.500. The summed E-state index contributed by atoms with van der Waals surface area (Å²) in [5.41, 5.74) is 1.13. The van der Waals surface area contributed by atoms with Crippen LogP contribution >= 0.6 is 0 Å². The maximum absolute atomic E-state index is 11.7. The number of aryl methyl sites for hydroxylation is 1. The predicted octanol–water partition coefficient (Wildman–Crippen LogP) is 0.963. The van der Waals surface area contributed by atoms with E-state index in [2.05, 4.69) is 10.6 Å². The largest absolute Gasteiger partial charge is 0.497 e. The topological polar surface area (TPSA) is 50.4 Å². The van der Waals surface area contributed by atoms with Crippen molar-refractivity contribution in [3.8, 4) is 5.75 Å². The Balaban J connectivity index is 1.70. The zero-order valence-corrected chi connectivity index (χ0v) is 10.7. The van der Waals surface area contributed by atoms with Crippen LogP contribution in [0.2, 0.25) is 0 Å². The van der Waals surface area contributed by atoms with Crippen LogP contribution in [0, 0.1) is 5.92 Å². The van der Waals surface area contributed by atoms with Crippen LogP contribution in [0.3, 0.4) is 0 Å². The molecule has 0 aromatic heterocycles. The molecule has 1 aliphatic heterocycles. The van der Waals surface area contributed by atoms with Gasteiger partial charge in [-0.2, -0.15) is 0 Å². The molecule has 1 saturated heterocycles. The van der Waals surface area contributed by atoms with Crippen molar-refractivity contribution in [2.75, 3.05) is 26.7 Å². The molecule has 4 nitrogen and oxygen atoms in total. The highest BCUT2D eigenvalue weighted by molar-refractivity contribution is 5.76. The van der Waals surface area contributed by atoms with Crippen molar-refractivity contribution in [2.24, 2.45) is 5.92 Å². The Hall–Kier alpha value is -1.55. The minimum atomic E-state index is 0.129. The fourth-order valence-corrected chi connectivity index (χ4v) is 1.93. The van der Waals surface area contributed by atoms with Crippen LogP contribution in [0.25, 0.3) is 0 Å². The van der Waals surface area contributed by atoms with Crippen LogP contribution in [0.15, 0.2) is 24.3 Å². The van der Waals surface area contributed by atoms with Gasteiger partial charge in [-0.15, -0.1) is 0 Å². The van der Waals surface area contributed by atoms with Gasteiger partial charge in [0.05, 0.1) is 7.11 Å². The molecule has 1 aliphatic rings. The molecule has 2 N–H and O–H groups in total. The smallest absolute Gasteiger partial charge is 0.220 e. The van der Waals surface area contributed by atoms with Crippen molar-refractivity contribution in [3.63, 3.8) is 0 Å². The van der Waals surface area contributed by atoms with E-state index in [-0.39, 0.29) is 5.91 Å². The molecular weight excluding hydrogens is 228 g/mol. The van der Waals surface area contributed by atoms with Crippen molar-refractivity contribution < 1.29 is 9.53 Å². The average Bonchev–Trinajstić information content (AvgIpc) is 2.35. The highest BCUT2D eigenvalue weighted by atomic mass is 16.5. The summed E-state index contributed by atoms with van der Waals surface area (Å²) in [6.45, 7) is 2.84. The molecule has 0 atom stereocenters. The highest BCUT2D eigenvalue weighted by Gasteiger charge is 2.16. The number of nitrogens with one attached hydrogen (secondary N) is 2. The summed E-state index contributed by atoms with van der Waals surface area (Å²) in [4.78, 5) is 11.7. The Morgan fingerprint density at radius 2 is 2.33 bits per heavy atom. The fourth-order valence-electron chi connectivity index (χ4n) is 1.93. The Bertz CT molecular complexity index is 403. The second-order valence-corrected chi connectivity index (χ2v) is 4.68. The molecule has 18 heavy (non-hydrogen) atoms. The van der Waals surface area contributed by atoms with Gasteiger partial charge < -0.3 is 15.4 Å². The predicted molar refractivity (Wildman–Crippen MR) is 70.7 cm³/mol. The normalized spacial score (nSPS) is 14.9. The van der Waals surface area contributed by atoms with E-state index in [1.807, 2.05) is 24.3 Å². The third-order valence-corrected chi connectivity index (χ3v) is 3.23. The molecule has 2 rings (SSSR count). The van der Waals surface area contributed by atoms with Crippen LogP contribution in [0.1, 0.15) is 12.0 Å². The quantitative estimate of drug-likeness (QED) is 0.788. The SMILES string of the molecule is COc1cccc(CCC(=O)NCC2CNC2)c1. The second kappa shape index (κ2) is 6.40. The van der Waals surface area contributed by atoms with Gasteiger partial charge >= 0.3 is 0 Å². The Morgan fingerprint density at radius 3 is 3.00 bits per heavy atom. The lowest BCUT2D eigenvalue weighted by Crippen LogP contribution is -2.48. The summed E-state index contributed by atoms with van der Waals surface area (Å²) in [5.74, 6) is 1.59. The van der Waals surface area contributed by atoms with E-state index in [0.717, 1.165) is 37.4 Å². The van der Waals surface area contributed by atoms with Gasteiger partial charge in [-0.05, 0) is 24.1 Å². The summed E-state index contributed by atoms with van der Waals surface area (Å²) >= 11 is 0. The number of rotatable bonds is 6. The van der Waals surface area contributed by atoms with Crippen molar-refractivity contribution in [1.29, 1.82) is 0 Å². The zero-order valence-electron chi connectivity index (χ0n) is 10.7. The summed E-state index contributed by atoms with van der Waals surface area (Å²) in [6, 6.07) is 7.86. The molecule has 1 aromatic rings. The molecule has 0 bridgehead atoms. The number of methoxy groups -OCH3 is 1. The van der Waals surface area contributed by atoms with E-state index in [4.69, 9.17) is 4.74 Å². The maximum Gasteiger partial charge on any atom is 0.220 e. The van der Waals surface area contributed by atoms with E-state index in [9.17, 15) is 4.79 Å². The molecule has 1 aromatic carbocycles. The second-order valence-electron chi connectivity index (χ2n) is 4.68. The zero-order chi connectivity index (χ0) is 12.8. The number of carbonyl (C=O) groups is 1. The number of benzene rings is 1. The Labute approximate surface area is 108 Å². The monoisotopic (exact) mass is 248 g/mol. The molecule has 1 fully saturated rings. The lowest BCUT2D eigenvalue weighted by Gasteiger charge is -2.27. The first kappa shape index (κ1) is 12.9. The highest BCUT2D eigenvalue weighted by Crippen LogP contribution is 2.13. The first-order valence-corrected chi connectivity index (χ1v) is 6.38. The Morgan fingerprint density at radius 1 is 1.50 bits per heavy atom. The van der Waals surface area contributed by atoms with Crippen LogP contribution in [-0.4, -0.2) is 32.7 Å². The van der Waals surface area contributed by atoms with Crippen molar-refractivity contribution in [1.82, 2.24) is 10.6 Å². The lowest BCUT2D eigenvalue weighted by molar-refractivity contribution is -0.121. The number of hydrogen-bond acceptors (Lipinski definition) is 3. The van der Waals surface area contributed by atoms with Gasteiger partial charge in [0.25, 0.3) is 0 Å². The third-order valence-electron chi connectivity index (χ3n) is 3.23. The minimum absolute atomic E-state index is 0.129. The maximum atomic E-state index is 11.7. The molecule has 1 amide bonds. The summed E-state index contributed by atoms with van der Waals surface area (Å²) < 4.78 is 5.16. The van der Waals surface area contributed by atoms with Gasteiger partial charge in [0.2, 0.25) is 5.91 Å². The van der Waals surface area contributed by atoms with Gasteiger partial charge in [0.15, 0.2) is 0 Å². The van der Waals surface area contributed by atoms with Crippen molar-refractivity contribution >= 4 is 5.91 Å². The first-order chi connectivity index (χ1) is 8.78. The molecule has 0 aliphatic carbocycles. The molecule has 4 heteroatoms. The molecule has 0 unspecified atom stereocenters. The molecule has 98 valence electrons. The third kappa shape index (κ3) is 3.74. The Kier molecular flexibility index (Phi) is 4.59. The van der Waals surface area contributed by atoms with E-state index in [1.165, 1.54) is 0 Å². The minimum Gasteiger partial charge on any atom is -0.497 e. The van der Waals surface area contributed by atoms with Gasteiger partial charge in [0, 0.05) is 32.0 Å². The molecular formula is C14H20N2O2. The number of hydrogen-bond donors (Lipinski definition) is 2. The van der Waals surface area contributed by atoms with Crippen molar-refractivity contribution in [3.05, 3.63) is 29.8 Å². The van der Waals surface area contributed by atoms with Gasteiger partial charge in [0.1, 0.15) is 5.75 Å². The summed E-state index contributed by atoms with van der Waals surface area (Å²) in [5, 5.41) is 6.16. The van der Waals surface area contributed by atoms with E-state index < -0.39 is 0 Å². The standard InChI is InChI=1S/C14H20N2O2/c1-18-13-4-2-3-11(7-13)5-6-14(17)16-10-12-8-15-9-12/h2-4,7,12,15H,5-6,8-10H2,1H3,(H,16,17). The van der Waals surface area contributed by atoms with E-state index in [1.54, 1.807) is 7.11 Å². The number of ether oxygens (including phenoxy) is 1. The molecule has 0 spiro atoms. The van der Waals surface area contributed by atoms with E-state index >= 15 is 0 Å². The van der Waals surface area contributed by atoms with Crippen LogP contribution in [-0.2, 0) is 11.2 Å². The van der Waals surface area contributed by atoms with Gasteiger partial charge in [-0.25, -0.2) is 0 Å². The van der Waals surface area contributed by atoms with E-state index in [0.29, 0.717) is 12.3 Å². The first-order valence-electron chi connectivity index (χ1n) is 6.38.